The lowest BCUT2D eigenvalue weighted by Crippen LogP contribution is -2.45. The molecule has 0 saturated carbocycles. The van der Waals surface area contributed by atoms with Crippen LogP contribution in [0.15, 0.2) is 30.3 Å². The average Bonchev–Trinajstić information content (AvgIpc) is 3.17. The third-order valence-electron chi connectivity index (χ3n) is 5.02. The van der Waals surface area contributed by atoms with Crippen molar-refractivity contribution in [2.24, 2.45) is 0 Å². The van der Waals surface area contributed by atoms with E-state index in [0.29, 0.717) is 28.7 Å². The summed E-state index contributed by atoms with van der Waals surface area (Å²) >= 11 is 0. The first-order valence-electron chi connectivity index (χ1n) is 9.02. The van der Waals surface area contributed by atoms with E-state index >= 15 is 0 Å². The van der Waals surface area contributed by atoms with Gasteiger partial charge in [-0.2, -0.15) is 0 Å². The van der Waals surface area contributed by atoms with Crippen LogP contribution in [0.5, 0.6) is 23.0 Å². The third-order valence-corrected chi connectivity index (χ3v) is 5.02. The molecule has 2 N–H and O–H groups in total. The van der Waals surface area contributed by atoms with Crippen LogP contribution in [0.3, 0.4) is 0 Å². The maximum absolute atomic E-state index is 12.7. The largest absolute Gasteiger partial charge is 0.495 e. The molecule has 0 saturated heterocycles. The van der Waals surface area contributed by atoms with Gasteiger partial charge in [-0.3, -0.25) is 4.90 Å². The molecule has 8 nitrogen and oxygen atoms in total. The molecule has 0 bridgehead atoms. The molecule has 1 unspecified atom stereocenters. The molecule has 2 aromatic carbocycles. The fourth-order valence-corrected chi connectivity index (χ4v) is 3.65. The Labute approximate surface area is 163 Å². The van der Waals surface area contributed by atoms with Gasteiger partial charge in [0, 0.05) is 12.1 Å². The number of benzene rings is 2. The summed E-state index contributed by atoms with van der Waals surface area (Å²) < 4.78 is 22.1. The second kappa shape index (κ2) is 7.47. The second-order valence-electron chi connectivity index (χ2n) is 6.65. The fraction of sp³-hybridized carbons (Fsp3) is 0.350. The number of rotatable bonds is 4. The molecule has 0 spiro atoms. The zero-order valence-electron chi connectivity index (χ0n) is 16.1. The molecule has 0 aliphatic carbocycles. The van der Waals surface area contributed by atoms with Gasteiger partial charge in [-0.05, 0) is 37.2 Å². The first kappa shape index (κ1) is 18.2. The van der Waals surface area contributed by atoms with Crippen molar-refractivity contribution >= 4 is 11.7 Å². The van der Waals surface area contributed by atoms with Crippen molar-refractivity contribution in [1.82, 2.24) is 10.2 Å². The van der Waals surface area contributed by atoms with Crippen LogP contribution in [0, 0.1) is 0 Å². The molecule has 2 aromatic rings. The fourth-order valence-electron chi connectivity index (χ4n) is 3.65. The Morgan fingerprint density at radius 2 is 2.04 bits per heavy atom. The number of nitrogens with one attached hydrogen (secondary N) is 2. The molecule has 8 heteroatoms. The molecular weight excluding hydrogens is 362 g/mol. The van der Waals surface area contributed by atoms with E-state index in [0.717, 1.165) is 24.1 Å². The van der Waals surface area contributed by atoms with E-state index in [9.17, 15) is 4.79 Å². The Hall–Kier alpha value is -3.13. The first-order valence-corrected chi connectivity index (χ1v) is 9.02. The molecule has 1 atom stereocenters. The molecule has 2 aliphatic rings. The van der Waals surface area contributed by atoms with Crippen LogP contribution in [0.2, 0.25) is 0 Å². The van der Waals surface area contributed by atoms with E-state index in [4.69, 9.17) is 18.9 Å². The highest BCUT2D eigenvalue weighted by Crippen LogP contribution is 2.48. The Kier molecular flexibility index (Phi) is 4.87. The number of carbonyl (C=O) groups excluding carboxylic acids is 1. The van der Waals surface area contributed by atoms with Crippen molar-refractivity contribution in [3.8, 4) is 23.0 Å². The standard InChI is InChI=1S/C20H23N3O5/c1-23-9-8-12-10-15-17(28-11-27-15)18(26-3)16(12)19(23)22-20(24)21-13-6-4-5-7-14(13)25-2/h4-7,10,19H,8-9,11H2,1-3H3,(H2,21,22,24). The summed E-state index contributed by atoms with van der Waals surface area (Å²) in [6, 6.07) is 8.90. The number of likely N-dealkylation sites (N-methyl/N-ethyl adjacent to an activating group) is 1. The molecule has 2 heterocycles. The Balaban J connectivity index is 1.63. The van der Waals surface area contributed by atoms with E-state index in [2.05, 4.69) is 15.5 Å². The highest BCUT2D eigenvalue weighted by molar-refractivity contribution is 5.91. The Morgan fingerprint density at radius 1 is 1.21 bits per heavy atom. The number of nitrogens with zero attached hydrogens (tertiary/aromatic N) is 1. The summed E-state index contributed by atoms with van der Waals surface area (Å²) in [4.78, 5) is 14.8. The molecule has 2 amide bonds. The van der Waals surface area contributed by atoms with Crippen molar-refractivity contribution in [3.63, 3.8) is 0 Å². The van der Waals surface area contributed by atoms with Gasteiger partial charge in [0.05, 0.1) is 19.9 Å². The van der Waals surface area contributed by atoms with Crippen molar-refractivity contribution in [2.45, 2.75) is 12.6 Å². The minimum Gasteiger partial charge on any atom is -0.495 e. The van der Waals surface area contributed by atoms with Gasteiger partial charge in [0.2, 0.25) is 12.5 Å². The minimum absolute atomic E-state index is 0.164. The summed E-state index contributed by atoms with van der Waals surface area (Å²) in [5.41, 5.74) is 2.55. The number of urea groups is 1. The highest BCUT2D eigenvalue weighted by atomic mass is 16.7. The normalized spacial score (nSPS) is 17.6. The number of fused-ring (bicyclic) bond motifs is 2. The molecular formula is C20H23N3O5. The molecule has 148 valence electrons. The molecule has 0 radical (unpaired) electrons. The van der Waals surface area contributed by atoms with Crippen LogP contribution in [0.25, 0.3) is 0 Å². The van der Waals surface area contributed by atoms with Crippen LogP contribution in [0.4, 0.5) is 10.5 Å². The van der Waals surface area contributed by atoms with E-state index in [1.807, 2.05) is 25.2 Å². The van der Waals surface area contributed by atoms with Gasteiger partial charge in [-0.25, -0.2) is 4.79 Å². The predicted octanol–water partition coefficient (Wildman–Crippen LogP) is 2.74. The Morgan fingerprint density at radius 3 is 2.82 bits per heavy atom. The number of hydrogen-bond donors (Lipinski definition) is 2. The van der Waals surface area contributed by atoms with Gasteiger partial charge in [0.15, 0.2) is 11.5 Å². The molecule has 2 aliphatic heterocycles. The van der Waals surface area contributed by atoms with Crippen LogP contribution in [-0.4, -0.2) is 45.5 Å². The maximum Gasteiger partial charge on any atom is 0.320 e. The van der Waals surface area contributed by atoms with E-state index in [-0.39, 0.29) is 19.0 Å². The summed E-state index contributed by atoms with van der Waals surface area (Å²) in [6.45, 7) is 0.951. The van der Waals surface area contributed by atoms with Gasteiger partial charge in [0.1, 0.15) is 11.9 Å². The van der Waals surface area contributed by atoms with Gasteiger partial charge >= 0.3 is 6.03 Å². The second-order valence-corrected chi connectivity index (χ2v) is 6.65. The smallest absolute Gasteiger partial charge is 0.320 e. The third kappa shape index (κ3) is 3.16. The van der Waals surface area contributed by atoms with Crippen molar-refractivity contribution in [2.75, 3.05) is 39.9 Å². The van der Waals surface area contributed by atoms with Crippen LogP contribution >= 0.6 is 0 Å². The van der Waals surface area contributed by atoms with Crippen molar-refractivity contribution < 1.29 is 23.7 Å². The molecule has 28 heavy (non-hydrogen) atoms. The van der Waals surface area contributed by atoms with E-state index in [1.54, 1.807) is 26.4 Å². The van der Waals surface area contributed by atoms with Gasteiger partial charge in [-0.1, -0.05) is 12.1 Å². The van der Waals surface area contributed by atoms with Gasteiger partial charge < -0.3 is 29.6 Å². The lowest BCUT2D eigenvalue weighted by molar-refractivity contribution is 0.169. The number of carbonyl (C=O) groups is 1. The zero-order valence-corrected chi connectivity index (χ0v) is 16.1. The highest BCUT2D eigenvalue weighted by Gasteiger charge is 2.34. The summed E-state index contributed by atoms with van der Waals surface area (Å²) in [7, 11) is 5.12. The molecule has 4 rings (SSSR count). The summed E-state index contributed by atoms with van der Waals surface area (Å²) in [5.74, 6) is 2.45. The number of methoxy groups -OCH3 is 2. The number of amides is 2. The van der Waals surface area contributed by atoms with Crippen LogP contribution in [0.1, 0.15) is 17.3 Å². The topological polar surface area (TPSA) is 81.3 Å². The van der Waals surface area contributed by atoms with Crippen molar-refractivity contribution in [1.29, 1.82) is 0 Å². The molecule has 0 fully saturated rings. The average molecular weight is 385 g/mol. The number of ether oxygens (including phenoxy) is 4. The lowest BCUT2D eigenvalue weighted by Gasteiger charge is -2.36. The summed E-state index contributed by atoms with van der Waals surface area (Å²) in [5, 5.41) is 5.89. The minimum atomic E-state index is -0.372. The Bertz CT molecular complexity index is 902. The number of anilines is 1. The molecule has 0 aromatic heterocycles. The zero-order chi connectivity index (χ0) is 19.7. The van der Waals surface area contributed by atoms with Crippen molar-refractivity contribution in [3.05, 3.63) is 41.5 Å². The van der Waals surface area contributed by atoms with E-state index in [1.165, 1.54) is 0 Å². The number of hydrogen-bond acceptors (Lipinski definition) is 6. The number of para-hydroxylation sites is 2. The SMILES string of the molecule is COc1ccccc1NC(=O)NC1c2c(cc3c(c2OC)OCO3)CCN1C. The van der Waals surface area contributed by atoms with Gasteiger partial charge in [0.25, 0.3) is 0 Å². The van der Waals surface area contributed by atoms with Gasteiger partial charge in [-0.15, -0.1) is 0 Å². The summed E-state index contributed by atoms with van der Waals surface area (Å²) in [6.07, 6.45) is 0.452. The quantitative estimate of drug-likeness (QED) is 0.842. The monoisotopic (exact) mass is 385 g/mol. The lowest BCUT2D eigenvalue weighted by atomic mass is 9.95. The predicted molar refractivity (Wildman–Crippen MR) is 103 cm³/mol. The maximum atomic E-state index is 12.7. The first-order chi connectivity index (χ1) is 13.6. The van der Waals surface area contributed by atoms with Crippen LogP contribution < -0.4 is 29.6 Å². The van der Waals surface area contributed by atoms with E-state index < -0.39 is 0 Å². The van der Waals surface area contributed by atoms with Crippen LogP contribution in [-0.2, 0) is 6.42 Å².